The van der Waals surface area contributed by atoms with E-state index in [1.54, 1.807) is 48.5 Å². The maximum atomic E-state index is 13.5. The molecule has 0 unspecified atom stereocenters. The summed E-state index contributed by atoms with van der Waals surface area (Å²) < 4.78 is 66.6. The zero-order valence-corrected chi connectivity index (χ0v) is 16.8. The zero-order valence-electron chi connectivity index (χ0n) is 16.0. The SMILES string of the molecule is O=S(=O)(Cc1ccccc1)n1cc(-c2cc(-c3cccnc3)cc(C(F)(F)F)c2)cn1. The lowest BCUT2D eigenvalue weighted by atomic mass is 9.98. The normalized spacial score (nSPS) is 12.1. The molecule has 0 atom stereocenters. The molecule has 0 spiro atoms. The van der Waals surface area contributed by atoms with Crippen LogP contribution in [0.2, 0.25) is 0 Å². The van der Waals surface area contributed by atoms with E-state index in [4.69, 9.17) is 0 Å². The molecule has 0 saturated carbocycles. The molecular formula is C22H16F3N3O2S. The summed E-state index contributed by atoms with van der Waals surface area (Å²) in [6.07, 6.45) is 0.890. The second kappa shape index (κ2) is 7.99. The lowest BCUT2D eigenvalue weighted by Crippen LogP contribution is -2.15. The topological polar surface area (TPSA) is 64.8 Å². The van der Waals surface area contributed by atoms with Crippen molar-refractivity contribution in [1.29, 1.82) is 0 Å². The number of pyridine rings is 1. The Hall–Kier alpha value is -3.46. The summed E-state index contributed by atoms with van der Waals surface area (Å²) in [5.74, 6) is -0.279. The second-order valence-electron chi connectivity index (χ2n) is 6.88. The molecule has 0 aliphatic heterocycles. The molecule has 5 nitrogen and oxygen atoms in total. The number of nitrogens with zero attached hydrogens (tertiary/aromatic N) is 3. The Morgan fingerprint density at radius 2 is 1.55 bits per heavy atom. The van der Waals surface area contributed by atoms with Gasteiger partial charge in [0.15, 0.2) is 0 Å². The van der Waals surface area contributed by atoms with E-state index in [0.717, 1.165) is 16.2 Å². The predicted molar refractivity (Wildman–Crippen MR) is 110 cm³/mol. The highest BCUT2D eigenvalue weighted by Crippen LogP contribution is 2.36. The van der Waals surface area contributed by atoms with Crippen molar-refractivity contribution in [1.82, 2.24) is 14.2 Å². The third kappa shape index (κ3) is 4.66. The average molecular weight is 443 g/mol. The molecule has 0 amide bonds. The Kier molecular flexibility index (Phi) is 5.36. The molecule has 9 heteroatoms. The van der Waals surface area contributed by atoms with Gasteiger partial charge in [0.25, 0.3) is 10.0 Å². The van der Waals surface area contributed by atoms with Crippen LogP contribution in [-0.2, 0) is 22.0 Å². The molecule has 0 aliphatic carbocycles. The fourth-order valence-corrected chi connectivity index (χ4v) is 4.33. The van der Waals surface area contributed by atoms with Crippen molar-refractivity contribution < 1.29 is 21.6 Å². The van der Waals surface area contributed by atoms with Gasteiger partial charge in [-0.05, 0) is 41.0 Å². The van der Waals surface area contributed by atoms with Crippen molar-refractivity contribution in [3.63, 3.8) is 0 Å². The molecule has 0 radical (unpaired) electrons. The number of hydrogen-bond donors (Lipinski definition) is 0. The lowest BCUT2D eigenvalue weighted by molar-refractivity contribution is -0.137. The van der Waals surface area contributed by atoms with Crippen molar-refractivity contribution in [2.24, 2.45) is 0 Å². The Morgan fingerprint density at radius 3 is 2.19 bits per heavy atom. The van der Waals surface area contributed by atoms with E-state index in [2.05, 4.69) is 10.1 Å². The van der Waals surface area contributed by atoms with Crippen LogP contribution in [-0.4, -0.2) is 22.6 Å². The fraction of sp³-hybridized carbons (Fsp3) is 0.0909. The standard InChI is InChI=1S/C22H16F3N3O2S/c23-22(24,25)21-10-18(17-7-4-8-26-12-17)9-19(11-21)20-13-27-28(14-20)31(29,30)15-16-5-2-1-3-6-16/h1-14H,15H2. The number of hydrogen-bond acceptors (Lipinski definition) is 4. The Labute approximate surface area is 176 Å². The molecule has 0 aliphatic rings. The van der Waals surface area contributed by atoms with Crippen molar-refractivity contribution in [3.05, 3.63) is 96.6 Å². The van der Waals surface area contributed by atoms with Gasteiger partial charge in [-0.2, -0.15) is 22.4 Å². The molecular weight excluding hydrogens is 427 g/mol. The van der Waals surface area contributed by atoms with Crippen molar-refractivity contribution in [2.75, 3.05) is 0 Å². The van der Waals surface area contributed by atoms with Gasteiger partial charge < -0.3 is 0 Å². The highest BCUT2D eigenvalue weighted by molar-refractivity contribution is 7.89. The summed E-state index contributed by atoms with van der Waals surface area (Å²) >= 11 is 0. The first kappa shape index (κ1) is 20.8. The summed E-state index contributed by atoms with van der Waals surface area (Å²) in [4.78, 5) is 3.95. The van der Waals surface area contributed by atoms with Crippen LogP contribution >= 0.6 is 0 Å². The van der Waals surface area contributed by atoms with Gasteiger partial charge >= 0.3 is 6.18 Å². The molecule has 4 rings (SSSR count). The van der Waals surface area contributed by atoms with E-state index in [9.17, 15) is 21.6 Å². The van der Waals surface area contributed by atoms with Crippen molar-refractivity contribution in [2.45, 2.75) is 11.9 Å². The number of benzene rings is 2. The van der Waals surface area contributed by atoms with Gasteiger partial charge in [0.2, 0.25) is 0 Å². The number of halogens is 3. The van der Waals surface area contributed by atoms with Crippen LogP contribution in [0, 0.1) is 0 Å². The maximum absolute atomic E-state index is 13.5. The molecule has 0 fully saturated rings. The molecule has 2 aromatic heterocycles. The minimum atomic E-state index is -4.57. The van der Waals surface area contributed by atoms with Gasteiger partial charge in [-0.1, -0.05) is 36.4 Å². The summed E-state index contributed by atoms with van der Waals surface area (Å²) in [6, 6.07) is 15.4. The first-order valence-electron chi connectivity index (χ1n) is 9.17. The van der Waals surface area contributed by atoms with Crippen molar-refractivity contribution in [3.8, 4) is 22.3 Å². The summed E-state index contributed by atoms with van der Waals surface area (Å²) in [7, 11) is -3.83. The van der Waals surface area contributed by atoms with E-state index in [1.165, 1.54) is 24.8 Å². The molecule has 2 heterocycles. The molecule has 0 bridgehead atoms. The fourth-order valence-electron chi connectivity index (χ4n) is 3.12. The van der Waals surface area contributed by atoms with E-state index in [1.807, 2.05) is 0 Å². The number of rotatable bonds is 5. The Morgan fingerprint density at radius 1 is 0.839 bits per heavy atom. The molecule has 158 valence electrons. The first-order valence-corrected chi connectivity index (χ1v) is 10.8. The monoisotopic (exact) mass is 443 g/mol. The lowest BCUT2D eigenvalue weighted by Gasteiger charge is -2.12. The second-order valence-corrected chi connectivity index (χ2v) is 8.71. The van der Waals surface area contributed by atoms with Gasteiger partial charge in [0.05, 0.1) is 23.7 Å². The van der Waals surface area contributed by atoms with E-state index < -0.39 is 21.8 Å². The summed E-state index contributed by atoms with van der Waals surface area (Å²) in [6.45, 7) is 0. The van der Waals surface area contributed by atoms with Crippen LogP contribution < -0.4 is 0 Å². The van der Waals surface area contributed by atoms with Gasteiger partial charge in [0, 0.05) is 23.5 Å². The van der Waals surface area contributed by atoms with Gasteiger partial charge in [-0.3, -0.25) is 4.98 Å². The van der Waals surface area contributed by atoms with Crippen LogP contribution in [0.4, 0.5) is 13.2 Å². The van der Waals surface area contributed by atoms with Crippen LogP contribution in [0.3, 0.4) is 0 Å². The highest BCUT2D eigenvalue weighted by Gasteiger charge is 2.31. The molecule has 31 heavy (non-hydrogen) atoms. The van der Waals surface area contributed by atoms with E-state index in [0.29, 0.717) is 16.7 Å². The van der Waals surface area contributed by atoms with Gasteiger partial charge in [-0.15, -0.1) is 0 Å². The largest absolute Gasteiger partial charge is 0.416 e. The van der Waals surface area contributed by atoms with Gasteiger partial charge in [0.1, 0.15) is 0 Å². The maximum Gasteiger partial charge on any atom is 0.416 e. The van der Waals surface area contributed by atoms with Crippen LogP contribution in [0.5, 0.6) is 0 Å². The molecule has 0 saturated heterocycles. The smallest absolute Gasteiger partial charge is 0.264 e. The average Bonchev–Trinajstić information content (AvgIpc) is 3.25. The molecule has 2 aromatic carbocycles. The van der Waals surface area contributed by atoms with Gasteiger partial charge in [-0.25, -0.2) is 8.42 Å². The van der Waals surface area contributed by atoms with Crippen LogP contribution in [0.25, 0.3) is 22.3 Å². The molecule has 4 aromatic rings. The number of alkyl halides is 3. The minimum Gasteiger partial charge on any atom is -0.264 e. The Balaban J connectivity index is 1.74. The summed E-state index contributed by atoms with van der Waals surface area (Å²) in [5.41, 5.74) is 1.03. The molecule has 0 N–H and O–H groups in total. The first-order chi connectivity index (χ1) is 14.7. The van der Waals surface area contributed by atoms with Crippen LogP contribution in [0.1, 0.15) is 11.1 Å². The minimum absolute atomic E-state index is 0.204. The van der Waals surface area contributed by atoms with Crippen LogP contribution in [0.15, 0.2) is 85.5 Å². The quantitative estimate of drug-likeness (QED) is 0.435. The third-order valence-electron chi connectivity index (χ3n) is 4.63. The number of aromatic nitrogens is 3. The highest BCUT2D eigenvalue weighted by atomic mass is 32.2. The van der Waals surface area contributed by atoms with Crippen molar-refractivity contribution >= 4 is 10.0 Å². The van der Waals surface area contributed by atoms with E-state index >= 15 is 0 Å². The predicted octanol–water partition coefficient (Wildman–Crippen LogP) is 5.01. The Bertz CT molecular complexity index is 1300. The summed E-state index contributed by atoms with van der Waals surface area (Å²) in [5, 5.41) is 3.89. The van der Waals surface area contributed by atoms with E-state index in [-0.39, 0.29) is 16.9 Å². The zero-order chi connectivity index (χ0) is 22.1. The third-order valence-corrected chi connectivity index (χ3v) is 6.09.